The number of nitrogens with one attached hydrogen (secondary N) is 1. The summed E-state index contributed by atoms with van der Waals surface area (Å²) in [7, 11) is 3.42. The van der Waals surface area contributed by atoms with E-state index in [4.69, 9.17) is 9.47 Å². The zero-order chi connectivity index (χ0) is 13.7. The number of hydrogen-bond acceptors (Lipinski definition) is 3. The first-order valence-corrected chi connectivity index (χ1v) is 7.23. The molecule has 0 amide bonds. The van der Waals surface area contributed by atoms with E-state index in [1.54, 1.807) is 14.2 Å². The van der Waals surface area contributed by atoms with Crippen LogP contribution < -0.4 is 14.8 Å². The van der Waals surface area contributed by atoms with Gasteiger partial charge < -0.3 is 14.8 Å². The van der Waals surface area contributed by atoms with Crippen LogP contribution in [-0.2, 0) is 5.54 Å². The molecule has 0 aliphatic carbocycles. The van der Waals surface area contributed by atoms with Gasteiger partial charge in [-0.2, -0.15) is 0 Å². The number of benzene rings is 1. The first-order valence-electron chi connectivity index (χ1n) is 7.23. The van der Waals surface area contributed by atoms with Crippen LogP contribution in [0, 0.1) is 0 Å². The van der Waals surface area contributed by atoms with E-state index in [1.165, 1.54) is 31.2 Å². The van der Waals surface area contributed by atoms with Gasteiger partial charge in [-0.3, -0.25) is 0 Å². The Labute approximate surface area is 116 Å². The maximum atomic E-state index is 5.59. The van der Waals surface area contributed by atoms with Gasteiger partial charge in [0.15, 0.2) is 0 Å². The summed E-state index contributed by atoms with van der Waals surface area (Å²) in [6.45, 7) is 3.34. The minimum absolute atomic E-state index is 0.0497. The third-order valence-corrected chi connectivity index (χ3v) is 4.27. The number of methoxy groups -OCH3 is 2. The molecule has 0 saturated carbocycles. The van der Waals surface area contributed by atoms with Gasteiger partial charge >= 0.3 is 0 Å². The molecule has 0 radical (unpaired) electrons. The van der Waals surface area contributed by atoms with Gasteiger partial charge in [0.05, 0.1) is 14.2 Å². The van der Waals surface area contributed by atoms with E-state index in [1.807, 2.05) is 12.1 Å². The first-order chi connectivity index (χ1) is 9.25. The normalized spacial score (nSPS) is 23.7. The van der Waals surface area contributed by atoms with Crippen LogP contribution in [0.15, 0.2) is 18.2 Å². The lowest BCUT2D eigenvalue weighted by Crippen LogP contribution is -2.41. The van der Waals surface area contributed by atoms with Crippen molar-refractivity contribution in [2.24, 2.45) is 0 Å². The summed E-state index contributed by atoms with van der Waals surface area (Å²) in [4.78, 5) is 0. The van der Waals surface area contributed by atoms with Crippen LogP contribution in [0.3, 0.4) is 0 Å². The molecule has 1 aromatic carbocycles. The van der Waals surface area contributed by atoms with Crippen molar-refractivity contribution in [1.82, 2.24) is 5.32 Å². The minimum Gasteiger partial charge on any atom is -0.497 e. The van der Waals surface area contributed by atoms with E-state index < -0.39 is 0 Å². The SMILES string of the molecule is CCC1(c2ccc(OC)cc2OC)CCCCCN1. The highest BCUT2D eigenvalue weighted by atomic mass is 16.5. The molecular weight excluding hydrogens is 238 g/mol. The molecule has 3 nitrogen and oxygen atoms in total. The molecule has 1 aromatic rings. The summed E-state index contributed by atoms with van der Waals surface area (Å²) in [5, 5.41) is 3.75. The lowest BCUT2D eigenvalue weighted by Gasteiger charge is -2.34. The fourth-order valence-corrected chi connectivity index (χ4v) is 3.06. The summed E-state index contributed by atoms with van der Waals surface area (Å²) in [6.07, 6.45) is 6.10. The van der Waals surface area contributed by atoms with Crippen LogP contribution in [0.5, 0.6) is 11.5 Å². The van der Waals surface area contributed by atoms with Gasteiger partial charge in [0, 0.05) is 17.2 Å². The molecule has 3 heteroatoms. The zero-order valence-electron chi connectivity index (χ0n) is 12.3. The lowest BCUT2D eigenvalue weighted by atomic mass is 9.82. The highest BCUT2D eigenvalue weighted by molar-refractivity contribution is 5.45. The highest BCUT2D eigenvalue weighted by Gasteiger charge is 2.33. The van der Waals surface area contributed by atoms with Gasteiger partial charge in [0.2, 0.25) is 0 Å². The molecule has 1 heterocycles. The Morgan fingerprint density at radius 2 is 2.00 bits per heavy atom. The molecule has 0 spiro atoms. The quantitative estimate of drug-likeness (QED) is 0.902. The standard InChI is InChI=1S/C16H25NO2/c1-4-16(10-6-5-7-11-17-16)14-9-8-13(18-2)12-15(14)19-3/h8-9,12,17H,4-7,10-11H2,1-3H3. The summed E-state index contributed by atoms with van der Waals surface area (Å²) >= 11 is 0. The van der Waals surface area contributed by atoms with Gasteiger partial charge in [0.25, 0.3) is 0 Å². The van der Waals surface area contributed by atoms with Gasteiger partial charge in [-0.1, -0.05) is 19.8 Å². The van der Waals surface area contributed by atoms with E-state index in [-0.39, 0.29) is 5.54 Å². The molecule has 0 aromatic heterocycles. The second-order valence-electron chi connectivity index (χ2n) is 5.24. The maximum absolute atomic E-state index is 5.59. The summed E-state index contributed by atoms with van der Waals surface area (Å²) in [5.41, 5.74) is 1.31. The highest BCUT2D eigenvalue weighted by Crippen LogP contribution is 2.39. The van der Waals surface area contributed by atoms with Crippen LogP contribution in [0.1, 0.15) is 44.6 Å². The van der Waals surface area contributed by atoms with Crippen LogP contribution in [0.2, 0.25) is 0 Å². The third-order valence-electron chi connectivity index (χ3n) is 4.27. The Morgan fingerprint density at radius 3 is 2.68 bits per heavy atom. The predicted molar refractivity (Wildman–Crippen MR) is 78.0 cm³/mol. The molecule has 2 rings (SSSR count). The van der Waals surface area contributed by atoms with Crippen molar-refractivity contribution in [3.05, 3.63) is 23.8 Å². The predicted octanol–water partition coefficient (Wildman–Crippen LogP) is 3.47. The zero-order valence-corrected chi connectivity index (χ0v) is 12.3. The largest absolute Gasteiger partial charge is 0.497 e. The van der Waals surface area contributed by atoms with Crippen molar-refractivity contribution < 1.29 is 9.47 Å². The van der Waals surface area contributed by atoms with Crippen molar-refractivity contribution in [3.8, 4) is 11.5 Å². The average molecular weight is 263 g/mol. The minimum atomic E-state index is 0.0497. The molecule has 1 atom stereocenters. The van der Waals surface area contributed by atoms with Gasteiger partial charge in [-0.05, 0) is 37.9 Å². The average Bonchev–Trinajstić information content (AvgIpc) is 2.72. The molecule has 1 N–H and O–H groups in total. The summed E-state index contributed by atoms with van der Waals surface area (Å²) in [6, 6.07) is 6.17. The topological polar surface area (TPSA) is 30.5 Å². The van der Waals surface area contributed by atoms with Crippen molar-refractivity contribution in [2.75, 3.05) is 20.8 Å². The van der Waals surface area contributed by atoms with Gasteiger partial charge in [0.1, 0.15) is 11.5 Å². The fourth-order valence-electron chi connectivity index (χ4n) is 3.06. The third kappa shape index (κ3) is 2.86. The van der Waals surface area contributed by atoms with E-state index in [2.05, 4.69) is 18.3 Å². The first kappa shape index (κ1) is 14.2. The van der Waals surface area contributed by atoms with Crippen LogP contribution >= 0.6 is 0 Å². The van der Waals surface area contributed by atoms with Crippen molar-refractivity contribution in [3.63, 3.8) is 0 Å². The van der Waals surface area contributed by atoms with E-state index in [0.29, 0.717) is 0 Å². The second kappa shape index (κ2) is 6.29. The van der Waals surface area contributed by atoms with Crippen LogP contribution in [0.4, 0.5) is 0 Å². The Kier molecular flexibility index (Phi) is 4.70. The van der Waals surface area contributed by atoms with E-state index in [9.17, 15) is 0 Å². The number of ether oxygens (including phenoxy) is 2. The molecule has 1 unspecified atom stereocenters. The van der Waals surface area contributed by atoms with Crippen LogP contribution in [0.25, 0.3) is 0 Å². The molecule has 19 heavy (non-hydrogen) atoms. The van der Waals surface area contributed by atoms with Gasteiger partial charge in [-0.15, -0.1) is 0 Å². The molecule has 106 valence electrons. The molecule has 1 aliphatic rings. The van der Waals surface area contributed by atoms with Crippen molar-refractivity contribution in [1.29, 1.82) is 0 Å². The maximum Gasteiger partial charge on any atom is 0.127 e. The van der Waals surface area contributed by atoms with Crippen molar-refractivity contribution in [2.45, 2.75) is 44.6 Å². The molecule has 1 saturated heterocycles. The molecule has 1 aliphatic heterocycles. The Hall–Kier alpha value is -1.22. The summed E-state index contributed by atoms with van der Waals surface area (Å²) < 4.78 is 10.9. The molecule has 1 fully saturated rings. The summed E-state index contributed by atoms with van der Waals surface area (Å²) in [5.74, 6) is 1.77. The fraction of sp³-hybridized carbons (Fsp3) is 0.625. The smallest absolute Gasteiger partial charge is 0.127 e. The Balaban J connectivity index is 2.41. The monoisotopic (exact) mass is 263 g/mol. The van der Waals surface area contributed by atoms with Gasteiger partial charge in [-0.25, -0.2) is 0 Å². The van der Waals surface area contributed by atoms with Crippen molar-refractivity contribution >= 4 is 0 Å². The number of hydrogen-bond donors (Lipinski definition) is 1. The Bertz CT molecular complexity index is 409. The lowest BCUT2D eigenvalue weighted by molar-refractivity contribution is 0.294. The Morgan fingerprint density at radius 1 is 1.16 bits per heavy atom. The van der Waals surface area contributed by atoms with E-state index >= 15 is 0 Å². The van der Waals surface area contributed by atoms with E-state index in [0.717, 1.165) is 24.5 Å². The molecular formula is C16H25NO2. The number of rotatable bonds is 4. The van der Waals surface area contributed by atoms with Crippen LogP contribution in [-0.4, -0.2) is 20.8 Å². The molecule has 0 bridgehead atoms. The second-order valence-corrected chi connectivity index (χ2v) is 5.24.